The Hall–Kier alpha value is -2.79. The number of ether oxygens (including phenoxy) is 1. The molecule has 1 fully saturated rings. The summed E-state index contributed by atoms with van der Waals surface area (Å²) in [5.41, 5.74) is 1.13. The van der Waals surface area contributed by atoms with Crippen molar-refractivity contribution in [2.45, 2.75) is 18.4 Å². The number of aryl methyl sites for hydroxylation is 1. The maximum Gasteiger partial charge on any atom is 0.261 e. The number of hydrogen-bond donors (Lipinski definition) is 1. The smallest absolute Gasteiger partial charge is 0.261 e. The normalized spacial score (nSPS) is 15.1. The van der Waals surface area contributed by atoms with Gasteiger partial charge in [-0.3, -0.25) is 14.2 Å². The van der Waals surface area contributed by atoms with E-state index in [1.807, 2.05) is 0 Å². The van der Waals surface area contributed by atoms with Crippen molar-refractivity contribution in [2.24, 2.45) is 0 Å². The molecule has 11 heteroatoms. The molecule has 1 aliphatic rings. The van der Waals surface area contributed by atoms with E-state index in [2.05, 4.69) is 10.3 Å². The summed E-state index contributed by atoms with van der Waals surface area (Å²) in [4.78, 5) is 29.6. The van der Waals surface area contributed by atoms with E-state index in [1.165, 1.54) is 33.4 Å². The van der Waals surface area contributed by atoms with Crippen molar-refractivity contribution in [3.05, 3.63) is 63.7 Å². The number of carbonyl (C=O) groups excluding carboxylic acids is 1. The number of hydrogen-bond acceptors (Lipinski definition) is 6. The summed E-state index contributed by atoms with van der Waals surface area (Å²) in [6.45, 7) is 2.71. The summed E-state index contributed by atoms with van der Waals surface area (Å²) in [5, 5.41) is 3.40. The van der Waals surface area contributed by atoms with Gasteiger partial charge < -0.3 is 10.1 Å². The Morgan fingerprint density at radius 3 is 2.69 bits per heavy atom. The minimum atomic E-state index is -3.71. The lowest BCUT2D eigenvalue weighted by atomic mass is 10.2. The van der Waals surface area contributed by atoms with Crippen LogP contribution in [0.3, 0.4) is 0 Å². The molecule has 1 aliphatic heterocycles. The molecule has 4 rings (SSSR count). The molecular formula is C21H21ClN4O5S. The van der Waals surface area contributed by atoms with Gasteiger partial charge in [0.05, 0.1) is 35.3 Å². The van der Waals surface area contributed by atoms with Crippen molar-refractivity contribution < 1.29 is 17.9 Å². The Labute approximate surface area is 189 Å². The fourth-order valence-corrected chi connectivity index (χ4v) is 5.03. The van der Waals surface area contributed by atoms with Gasteiger partial charge in [0, 0.05) is 23.8 Å². The van der Waals surface area contributed by atoms with Crippen LogP contribution in [0.25, 0.3) is 10.9 Å². The number of amides is 1. The molecule has 2 aromatic carbocycles. The first kappa shape index (κ1) is 22.4. The zero-order valence-electron chi connectivity index (χ0n) is 17.2. The molecular weight excluding hydrogens is 456 g/mol. The second-order valence-electron chi connectivity index (χ2n) is 7.38. The summed E-state index contributed by atoms with van der Waals surface area (Å²) in [5.74, 6) is -0.487. The Morgan fingerprint density at radius 2 is 1.94 bits per heavy atom. The molecule has 0 spiro atoms. The SMILES string of the molecule is Cc1ccc(S(=O)(=O)N2CCOCC2)cc1NC(=O)Cn1cnc2ccc(Cl)cc2c1=O. The first-order valence-corrected chi connectivity index (χ1v) is 11.7. The standard InChI is InChI=1S/C21H21ClN4O5S/c1-14-2-4-16(32(29,30)26-6-8-31-9-7-26)11-19(14)24-20(27)12-25-13-23-18-5-3-15(22)10-17(18)21(25)28/h2-5,10-11,13H,6-9,12H2,1H3,(H,24,27). The summed E-state index contributed by atoms with van der Waals surface area (Å²) < 4.78 is 33.6. The van der Waals surface area contributed by atoms with Crippen LogP contribution >= 0.6 is 11.6 Å². The van der Waals surface area contributed by atoms with E-state index < -0.39 is 21.5 Å². The van der Waals surface area contributed by atoms with Crippen LogP contribution in [0.5, 0.6) is 0 Å². The molecule has 1 saturated heterocycles. The van der Waals surface area contributed by atoms with E-state index in [4.69, 9.17) is 16.3 Å². The number of fused-ring (bicyclic) bond motifs is 1. The fraction of sp³-hybridized carbons (Fsp3) is 0.286. The van der Waals surface area contributed by atoms with Gasteiger partial charge in [0.1, 0.15) is 6.54 Å². The van der Waals surface area contributed by atoms with Gasteiger partial charge in [-0.1, -0.05) is 17.7 Å². The van der Waals surface area contributed by atoms with Crippen LogP contribution in [0.15, 0.2) is 52.4 Å². The summed E-state index contributed by atoms with van der Waals surface area (Å²) in [7, 11) is -3.71. The zero-order valence-corrected chi connectivity index (χ0v) is 18.8. The van der Waals surface area contributed by atoms with Crippen molar-refractivity contribution >= 4 is 44.1 Å². The Morgan fingerprint density at radius 1 is 1.19 bits per heavy atom. The van der Waals surface area contributed by atoms with Crippen molar-refractivity contribution in [3.8, 4) is 0 Å². The van der Waals surface area contributed by atoms with Crippen LogP contribution in [0.4, 0.5) is 5.69 Å². The molecule has 1 N–H and O–H groups in total. The Balaban J connectivity index is 1.56. The summed E-state index contributed by atoms with van der Waals surface area (Å²) in [6, 6.07) is 9.34. The molecule has 1 amide bonds. The zero-order chi connectivity index (χ0) is 22.9. The van der Waals surface area contributed by atoms with Gasteiger partial charge in [0.2, 0.25) is 15.9 Å². The molecule has 0 bridgehead atoms. The van der Waals surface area contributed by atoms with Gasteiger partial charge >= 0.3 is 0 Å². The molecule has 3 aromatic rings. The third-order valence-electron chi connectivity index (χ3n) is 5.19. The van der Waals surface area contributed by atoms with E-state index in [0.29, 0.717) is 40.4 Å². The van der Waals surface area contributed by atoms with Crippen LogP contribution in [0.2, 0.25) is 5.02 Å². The van der Waals surface area contributed by atoms with E-state index in [-0.39, 0.29) is 24.5 Å². The molecule has 1 aromatic heterocycles. The highest BCUT2D eigenvalue weighted by molar-refractivity contribution is 7.89. The third-order valence-corrected chi connectivity index (χ3v) is 7.32. The number of morpholine rings is 1. The lowest BCUT2D eigenvalue weighted by molar-refractivity contribution is -0.116. The van der Waals surface area contributed by atoms with Crippen LogP contribution < -0.4 is 10.9 Å². The number of halogens is 1. The second-order valence-corrected chi connectivity index (χ2v) is 9.75. The number of anilines is 1. The molecule has 32 heavy (non-hydrogen) atoms. The predicted octanol–water partition coefficient (Wildman–Crippen LogP) is 2.02. The number of aromatic nitrogens is 2. The van der Waals surface area contributed by atoms with Crippen LogP contribution in [-0.2, 0) is 26.1 Å². The minimum Gasteiger partial charge on any atom is -0.379 e. The van der Waals surface area contributed by atoms with E-state index >= 15 is 0 Å². The summed E-state index contributed by atoms with van der Waals surface area (Å²) in [6.07, 6.45) is 1.30. The van der Waals surface area contributed by atoms with Crippen LogP contribution in [0, 0.1) is 6.92 Å². The molecule has 0 saturated carbocycles. The number of rotatable bonds is 5. The lowest BCUT2D eigenvalue weighted by Crippen LogP contribution is -2.40. The number of nitrogens with zero attached hydrogens (tertiary/aromatic N) is 3. The lowest BCUT2D eigenvalue weighted by Gasteiger charge is -2.26. The number of carbonyl (C=O) groups is 1. The van der Waals surface area contributed by atoms with Crippen molar-refractivity contribution in [3.63, 3.8) is 0 Å². The molecule has 0 radical (unpaired) electrons. The van der Waals surface area contributed by atoms with E-state index in [0.717, 1.165) is 0 Å². The van der Waals surface area contributed by atoms with Crippen molar-refractivity contribution in [2.75, 3.05) is 31.6 Å². The highest BCUT2D eigenvalue weighted by Gasteiger charge is 2.27. The van der Waals surface area contributed by atoms with Crippen molar-refractivity contribution in [1.82, 2.24) is 13.9 Å². The number of nitrogens with one attached hydrogen (secondary N) is 1. The molecule has 0 unspecified atom stereocenters. The maximum absolute atomic E-state index is 12.9. The first-order valence-electron chi connectivity index (χ1n) is 9.89. The first-order chi connectivity index (χ1) is 15.3. The highest BCUT2D eigenvalue weighted by atomic mass is 35.5. The highest BCUT2D eigenvalue weighted by Crippen LogP contribution is 2.24. The third kappa shape index (κ3) is 4.53. The largest absolute Gasteiger partial charge is 0.379 e. The van der Waals surface area contributed by atoms with E-state index in [9.17, 15) is 18.0 Å². The van der Waals surface area contributed by atoms with Crippen LogP contribution in [0.1, 0.15) is 5.56 Å². The molecule has 2 heterocycles. The predicted molar refractivity (Wildman–Crippen MR) is 120 cm³/mol. The Kier molecular flexibility index (Phi) is 6.29. The summed E-state index contributed by atoms with van der Waals surface area (Å²) >= 11 is 5.97. The van der Waals surface area contributed by atoms with Gasteiger partial charge in [0.15, 0.2) is 0 Å². The van der Waals surface area contributed by atoms with Gasteiger partial charge in [-0.25, -0.2) is 13.4 Å². The fourth-order valence-electron chi connectivity index (χ4n) is 3.42. The second kappa shape index (κ2) is 8.99. The maximum atomic E-state index is 12.9. The van der Waals surface area contributed by atoms with Gasteiger partial charge in [0.25, 0.3) is 5.56 Å². The topological polar surface area (TPSA) is 111 Å². The monoisotopic (exact) mass is 476 g/mol. The van der Waals surface area contributed by atoms with Gasteiger partial charge in [-0.2, -0.15) is 4.31 Å². The average molecular weight is 477 g/mol. The number of benzene rings is 2. The average Bonchev–Trinajstić information content (AvgIpc) is 2.78. The van der Waals surface area contributed by atoms with Gasteiger partial charge in [-0.05, 0) is 42.8 Å². The Bertz CT molecular complexity index is 1350. The molecule has 9 nitrogen and oxygen atoms in total. The minimum absolute atomic E-state index is 0.0829. The van der Waals surface area contributed by atoms with Crippen molar-refractivity contribution in [1.29, 1.82) is 0 Å². The quantitative estimate of drug-likeness (QED) is 0.603. The van der Waals surface area contributed by atoms with E-state index in [1.54, 1.807) is 25.1 Å². The molecule has 0 atom stereocenters. The molecule has 168 valence electrons. The molecule has 0 aliphatic carbocycles. The van der Waals surface area contributed by atoms with Crippen LogP contribution in [-0.4, -0.2) is 54.5 Å². The number of sulfonamides is 1. The van der Waals surface area contributed by atoms with Gasteiger partial charge in [-0.15, -0.1) is 0 Å².